The van der Waals surface area contributed by atoms with E-state index in [0.29, 0.717) is 6.54 Å². The third kappa shape index (κ3) is 2.81. The summed E-state index contributed by atoms with van der Waals surface area (Å²) in [6.45, 7) is 2.34. The van der Waals surface area contributed by atoms with Gasteiger partial charge in [-0.05, 0) is 23.6 Å². The van der Waals surface area contributed by atoms with Crippen molar-refractivity contribution in [1.29, 1.82) is 0 Å². The summed E-state index contributed by atoms with van der Waals surface area (Å²) in [6.07, 6.45) is 2.17. The van der Waals surface area contributed by atoms with Gasteiger partial charge in [0.25, 0.3) is 0 Å². The van der Waals surface area contributed by atoms with E-state index in [1.54, 1.807) is 6.92 Å². The van der Waals surface area contributed by atoms with E-state index >= 15 is 0 Å². The number of amides is 1. The fourth-order valence-corrected chi connectivity index (χ4v) is 2.86. The Kier molecular flexibility index (Phi) is 4.07. The summed E-state index contributed by atoms with van der Waals surface area (Å²) in [7, 11) is 0. The van der Waals surface area contributed by atoms with E-state index in [9.17, 15) is 4.79 Å². The molecule has 3 rings (SSSR count). The number of nitrogens with zero attached hydrogens (tertiary/aromatic N) is 1. The summed E-state index contributed by atoms with van der Waals surface area (Å²) in [5, 5.41) is 0. The maximum atomic E-state index is 12.5. The van der Waals surface area contributed by atoms with Crippen LogP contribution in [0.25, 0.3) is 5.57 Å². The van der Waals surface area contributed by atoms with Crippen LogP contribution in [0.15, 0.2) is 66.7 Å². The number of carbonyl (C=O) groups is 1. The molecule has 3 nitrogen and oxygen atoms in total. The molecule has 0 aliphatic carbocycles. The molecule has 1 aliphatic rings. The Morgan fingerprint density at radius 2 is 1.68 bits per heavy atom. The first-order valence-electron chi connectivity index (χ1n) is 7.54. The highest BCUT2D eigenvalue weighted by Gasteiger charge is 2.31. The first-order valence-corrected chi connectivity index (χ1v) is 7.54. The Bertz CT molecular complexity index is 677. The van der Waals surface area contributed by atoms with Gasteiger partial charge >= 0.3 is 0 Å². The maximum absolute atomic E-state index is 12.5. The summed E-state index contributed by atoms with van der Waals surface area (Å²) in [5.41, 5.74) is 9.26. The van der Waals surface area contributed by atoms with Gasteiger partial charge < -0.3 is 10.6 Å². The second-order valence-electron chi connectivity index (χ2n) is 5.67. The van der Waals surface area contributed by atoms with Crippen molar-refractivity contribution in [2.45, 2.75) is 19.0 Å². The van der Waals surface area contributed by atoms with Crippen LogP contribution < -0.4 is 5.73 Å². The van der Waals surface area contributed by atoms with Gasteiger partial charge in [0.15, 0.2) is 0 Å². The summed E-state index contributed by atoms with van der Waals surface area (Å²) in [5.74, 6) is -0.0176. The molecule has 2 atom stereocenters. The predicted molar refractivity (Wildman–Crippen MR) is 89.0 cm³/mol. The number of nitrogens with two attached hydrogens (primary N) is 1. The van der Waals surface area contributed by atoms with E-state index in [-0.39, 0.29) is 11.9 Å². The topological polar surface area (TPSA) is 46.3 Å². The van der Waals surface area contributed by atoms with Gasteiger partial charge in [0.05, 0.1) is 12.1 Å². The minimum Gasteiger partial charge on any atom is -0.326 e. The standard InChI is InChI=1S/C19H20N2O/c1-14(20)19(22)21-13-17(15-8-4-2-5-9-15)12-18(21)16-10-6-3-7-11-16/h2-12,14,18H,13,20H2,1H3. The molecule has 112 valence electrons. The smallest absolute Gasteiger partial charge is 0.240 e. The summed E-state index contributed by atoms with van der Waals surface area (Å²) < 4.78 is 0. The highest BCUT2D eigenvalue weighted by atomic mass is 16.2. The number of benzene rings is 2. The molecule has 0 saturated heterocycles. The molecule has 2 N–H and O–H groups in total. The van der Waals surface area contributed by atoms with Crippen LogP contribution in [0.5, 0.6) is 0 Å². The van der Waals surface area contributed by atoms with Crippen molar-refractivity contribution in [2.24, 2.45) is 5.73 Å². The molecule has 3 heteroatoms. The highest BCUT2D eigenvalue weighted by Crippen LogP contribution is 2.34. The van der Waals surface area contributed by atoms with Crippen molar-refractivity contribution in [3.05, 3.63) is 77.9 Å². The molecule has 1 aliphatic heterocycles. The van der Waals surface area contributed by atoms with Crippen LogP contribution in [0.2, 0.25) is 0 Å². The lowest BCUT2D eigenvalue weighted by molar-refractivity contribution is -0.132. The Labute approximate surface area is 131 Å². The number of hydrogen-bond donors (Lipinski definition) is 1. The molecule has 2 aromatic rings. The lowest BCUT2D eigenvalue weighted by Crippen LogP contribution is -2.42. The fourth-order valence-electron chi connectivity index (χ4n) is 2.86. The van der Waals surface area contributed by atoms with E-state index in [1.165, 1.54) is 5.57 Å². The van der Waals surface area contributed by atoms with Gasteiger partial charge in [0.1, 0.15) is 0 Å². The second-order valence-corrected chi connectivity index (χ2v) is 5.67. The Balaban J connectivity index is 1.97. The normalized spacial score (nSPS) is 18.9. The van der Waals surface area contributed by atoms with E-state index in [2.05, 4.69) is 30.3 Å². The molecule has 1 amide bonds. The molecule has 0 saturated carbocycles. The van der Waals surface area contributed by atoms with Crippen molar-refractivity contribution < 1.29 is 4.79 Å². The molecule has 0 bridgehead atoms. The van der Waals surface area contributed by atoms with Crippen LogP contribution in [0.4, 0.5) is 0 Å². The third-order valence-corrected chi connectivity index (χ3v) is 3.99. The van der Waals surface area contributed by atoms with Gasteiger partial charge in [0.2, 0.25) is 5.91 Å². The Morgan fingerprint density at radius 3 is 2.27 bits per heavy atom. The molecule has 0 aromatic heterocycles. The van der Waals surface area contributed by atoms with E-state index in [0.717, 1.165) is 11.1 Å². The van der Waals surface area contributed by atoms with Gasteiger partial charge in [-0.3, -0.25) is 4.79 Å². The molecule has 0 radical (unpaired) electrons. The fraction of sp³-hybridized carbons (Fsp3) is 0.211. The van der Waals surface area contributed by atoms with Crippen LogP contribution in [0.1, 0.15) is 24.1 Å². The zero-order valence-corrected chi connectivity index (χ0v) is 12.6. The maximum Gasteiger partial charge on any atom is 0.240 e. The average Bonchev–Trinajstić information content (AvgIpc) is 3.01. The predicted octanol–water partition coefficient (Wildman–Crippen LogP) is 3.00. The zero-order valence-electron chi connectivity index (χ0n) is 12.6. The van der Waals surface area contributed by atoms with E-state index in [1.807, 2.05) is 41.3 Å². The lowest BCUT2D eigenvalue weighted by Gasteiger charge is -2.26. The summed E-state index contributed by atoms with van der Waals surface area (Å²) in [4.78, 5) is 14.3. The number of carbonyl (C=O) groups excluding carboxylic acids is 1. The van der Waals surface area contributed by atoms with Crippen LogP contribution in [-0.2, 0) is 4.79 Å². The van der Waals surface area contributed by atoms with Gasteiger partial charge in [-0.2, -0.15) is 0 Å². The van der Waals surface area contributed by atoms with Crippen LogP contribution in [-0.4, -0.2) is 23.4 Å². The Hall–Kier alpha value is -2.39. The summed E-state index contributed by atoms with van der Waals surface area (Å²) in [6, 6.07) is 19.7. The minimum atomic E-state index is -0.491. The van der Waals surface area contributed by atoms with Gasteiger partial charge in [-0.25, -0.2) is 0 Å². The first-order chi connectivity index (χ1) is 10.7. The monoisotopic (exact) mass is 292 g/mol. The van der Waals surface area contributed by atoms with E-state index in [4.69, 9.17) is 5.73 Å². The van der Waals surface area contributed by atoms with Crippen molar-refractivity contribution in [3.8, 4) is 0 Å². The van der Waals surface area contributed by atoms with Crippen molar-refractivity contribution in [1.82, 2.24) is 4.90 Å². The molecule has 0 fully saturated rings. The van der Waals surface area contributed by atoms with Gasteiger partial charge in [-0.1, -0.05) is 66.7 Å². The molecule has 2 unspecified atom stereocenters. The van der Waals surface area contributed by atoms with Gasteiger partial charge in [-0.15, -0.1) is 0 Å². The molecular formula is C19H20N2O. The van der Waals surface area contributed by atoms with Crippen LogP contribution in [0, 0.1) is 0 Å². The lowest BCUT2D eigenvalue weighted by atomic mass is 10.0. The average molecular weight is 292 g/mol. The van der Waals surface area contributed by atoms with Crippen molar-refractivity contribution in [3.63, 3.8) is 0 Å². The quantitative estimate of drug-likeness (QED) is 0.945. The van der Waals surface area contributed by atoms with Crippen molar-refractivity contribution in [2.75, 3.05) is 6.54 Å². The summed E-state index contributed by atoms with van der Waals surface area (Å²) >= 11 is 0. The zero-order chi connectivity index (χ0) is 15.5. The minimum absolute atomic E-state index is 0.0176. The SMILES string of the molecule is CC(N)C(=O)N1CC(c2ccccc2)=CC1c1ccccc1. The molecule has 1 heterocycles. The number of rotatable bonds is 3. The number of hydrogen-bond acceptors (Lipinski definition) is 2. The van der Waals surface area contributed by atoms with Gasteiger partial charge in [0, 0.05) is 6.54 Å². The molecular weight excluding hydrogens is 272 g/mol. The first kappa shape index (κ1) is 14.5. The largest absolute Gasteiger partial charge is 0.326 e. The molecule has 2 aromatic carbocycles. The molecule has 0 spiro atoms. The van der Waals surface area contributed by atoms with Crippen LogP contribution >= 0.6 is 0 Å². The van der Waals surface area contributed by atoms with E-state index < -0.39 is 6.04 Å². The highest BCUT2D eigenvalue weighted by molar-refractivity contribution is 5.86. The van der Waals surface area contributed by atoms with Crippen LogP contribution in [0.3, 0.4) is 0 Å². The molecule has 22 heavy (non-hydrogen) atoms. The second kappa shape index (κ2) is 6.16. The Morgan fingerprint density at radius 1 is 1.09 bits per heavy atom. The van der Waals surface area contributed by atoms with Crippen molar-refractivity contribution >= 4 is 11.5 Å². The third-order valence-electron chi connectivity index (χ3n) is 3.99.